The number of para-hydroxylation sites is 1. The van der Waals surface area contributed by atoms with Crippen LogP contribution in [-0.4, -0.2) is 268 Å². The molecule has 45 heteroatoms. The van der Waals surface area contributed by atoms with Gasteiger partial charge in [0.05, 0.1) is 99.4 Å². The van der Waals surface area contributed by atoms with Crippen molar-refractivity contribution in [2.75, 3.05) is 114 Å². The van der Waals surface area contributed by atoms with Gasteiger partial charge in [0.25, 0.3) is 34.7 Å². The smallest absolute Gasteiger partial charge is 0.297 e. The highest BCUT2D eigenvalue weighted by atomic mass is 35.5. The van der Waals surface area contributed by atoms with Crippen molar-refractivity contribution in [2.24, 2.45) is 42.7 Å². The lowest BCUT2D eigenvalue weighted by atomic mass is 9.90. The van der Waals surface area contributed by atoms with Gasteiger partial charge in [-0.1, -0.05) is 65.7 Å². The Morgan fingerprint density at radius 1 is 0.438 bits per heavy atom. The number of allylic oxidation sites excluding steroid dienone is 5. The second-order valence-electron chi connectivity index (χ2n) is 33.4. The summed E-state index contributed by atoms with van der Waals surface area (Å²) < 4.78 is 6.78. The average Bonchev–Trinajstić information content (AvgIpc) is 1.48. The molecule has 11 aliphatic rings. The van der Waals surface area contributed by atoms with E-state index in [1.54, 1.807) is 123 Å². The molecule has 6 aromatic carbocycles. The zero-order valence-electron chi connectivity index (χ0n) is 76.7. The number of nitrogens with one attached hydrogen (secondary N) is 6. The highest BCUT2D eigenvalue weighted by molar-refractivity contribution is 6.70. The molecule has 0 unspecified atom stereocenters. The van der Waals surface area contributed by atoms with Crippen molar-refractivity contribution in [2.45, 2.75) is 94.2 Å². The van der Waals surface area contributed by atoms with Crippen molar-refractivity contribution in [3.8, 4) is 28.7 Å². The number of rotatable bonds is 10. The summed E-state index contributed by atoms with van der Waals surface area (Å²) in [5, 5.41) is 104. The molecule has 0 spiro atoms. The predicted molar refractivity (Wildman–Crippen MR) is 531 cm³/mol. The number of amidine groups is 4. The third kappa shape index (κ3) is 19.1. The summed E-state index contributed by atoms with van der Waals surface area (Å²) in [5.41, 5.74) is 41.8. The van der Waals surface area contributed by atoms with E-state index in [2.05, 4.69) is 40.2 Å². The number of hydrogen-bond donors (Lipinski definition) is 16. The highest BCUT2D eigenvalue weighted by Crippen LogP contribution is 2.43. The van der Waals surface area contributed by atoms with Gasteiger partial charge in [0.1, 0.15) is 33.0 Å². The minimum absolute atomic E-state index is 0. The number of hydrazine groups is 4. The molecule has 21 N–H and O–H groups in total. The largest absolute Gasteiger partial charge is 0.508 e. The number of nitrogen functional groups attached to an aromatic ring is 4. The molecule has 716 valence electrons. The highest BCUT2D eigenvalue weighted by Gasteiger charge is 2.46. The van der Waals surface area contributed by atoms with Crippen molar-refractivity contribution in [3.63, 3.8) is 0 Å². The summed E-state index contributed by atoms with van der Waals surface area (Å²) in [6.45, 7) is 21.9. The van der Waals surface area contributed by atoms with Gasteiger partial charge >= 0.3 is 0 Å². The van der Waals surface area contributed by atoms with Gasteiger partial charge in [0, 0.05) is 102 Å². The minimum atomic E-state index is -0.323. The number of fused-ring (bicyclic) bond motifs is 6. The summed E-state index contributed by atoms with van der Waals surface area (Å²) in [6, 6.07) is 26.0. The number of aliphatic hydroxyl groups is 1. The van der Waals surface area contributed by atoms with Crippen molar-refractivity contribution in [1.29, 1.82) is 27.0 Å². The molecule has 8 saturated heterocycles. The van der Waals surface area contributed by atoms with Crippen LogP contribution in [0.4, 0.5) is 62.7 Å². The molecule has 0 atom stereocenters. The summed E-state index contributed by atoms with van der Waals surface area (Å²) in [7, 11) is 3.81. The van der Waals surface area contributed by atoms with Gasteiger partial charge in [-0.15, -0.1) is 12.4 Å². The van der Waals surface area contributed by atoms with Gasteiger partial charge in [-0.05, 0) is 176 Å². The molecule has 42 nitrogen and oxygen atoms in total. The standard InChI is InChI=1S/C19H21N5O.C17H16N4O2.C15H19ClN6O2.C15H19N5O3.C13H14ClN5O2.C13H15N5O2.ClH/c1-11-10-15(17(21)12(2)16(11)20)22-18-13(3)23(4)24(19(18)25)14-8-6-5-7-9-14;1-10-9-13(11-5-2-3-6-12(11)15(10)22)19-14-16(18)20-7-4-8-21(20)17(14)23;1-8-7-9(11(17)10(16)13(8)23)19-12-14(18)21-5-3-20(2)4-6-22(21)15(12)24;1-9-7-11(10(8-12(9)22)17-3-6-21)18-13-14(16)19-4-2-5-20(19)15(13)23;1-6-5-7(9(15)8(14)11(6)20)17-10-12(16)18-3-2-4-19(18)13(10)21;1-7-5-9(8(14)6-10(7)19)16-11-12(15)17-3-2-4-18(17)13(11)20;/h5-10,20H,21H2,1-4H3;2-3,5-6,9H,4,7-8,18H2,1H3;7,18,23H,3-6,17H2,1-2H3;7-8,16-17,21-22H,2-6H2,1H3;5,16,20H,2-4,15H2,1H3;5-6,15,19H,2-4,14H2,1H3;1H. The number of aromatic nitrogens is 4. The Hall–Kier alpha value is -15.5. The first-order valence-electron chi connectivity index (χ1n) is 43.4. The number of benzene rings is 6. The second kappa shape index (κ2) is 40.3. The van der Waals surface area contributed by atoms with Gasteiger partial charge in [-0.3, -0.25) is 84.6 Å². The number of aliphatic imine (C=N–C) groups is 6. The SMILES string of the molecule is CC1=CC(=Nc2c(C)n(C)n(-c3ccccc3)c2=O)C(N)=C(C)C1=N.CC1=CC(=Nc2c(N)n3n(c2=O)CCC3)c2ccccc2C1=O.Cc1cc(N=C2C(=N)N3CCCN3C2=O)c(N)c(Cl)c1O.Cc1cc(N=C2C(=N)N3CCCN3C2=O)c(N)cc1O.Cc1cc(N=C2C(=N)N3CCCN3C2=O)c(NCCO)cc1O.Cc1cc(N=C2C(=N)N3CCN(C)CCN3C2=O)c(N)c(Cl)c1O.Cl. The Kier molecular flexibility index (Phi) is 29.1. The molecular formula is C92H105Cl3N30O12. The Morgan fingerprint density at radius 3 is 1.34 bits per heavy atom. The van der Waals surface area contributed by atoms with E-state index < -0.39 is 0 Å². The number of carbonyl (C=O) groups is 5. The molecular weight excluding hydrogens is 1820 g/mol. The van der Waals surface area contributed by atoms with Crippen LogP contribution in [0.15, 0.2) is 165 Å². The number of nitrogens with two attached hydrogens (primary N) is 5. The monoisotopic (exact) mass is 1930 g/mol. The van der Waals surface area contributed by atoms with Crippen molar-refractivity contribution < 1.29 is 49.5 Å². The predicted octanol–water partition coefficient (Wildman–Crippen LogP) is 8.94. The van der Waals surface area contributed by atoms with Gasteiger partial charge < -0.3 is 69.8 Å². The number of aromatic hydroxyl groups is 4. The van der Waals surface area contributed by atoms with E-state index in [1.807, 2.05) is 76.5 Å². The fourth-order valence-corrected chi connectivity index (χ4v) is 17.0. The maximum Gasteiger partial charge on any atom is 0.297 e. The Bertz CT molecular complexity index is 6770. The van der Waals surface area contributed by atoms with Crippen molar-refractivity contribution in [3.05, 3.63) is 195 Å². The van der Waals surface area contributed by atoms with E-state index in [1.165, 1.54) is 32.2 Å². The Balaban J connectivity index is 0.000000139. The fraction of sp³-hybridized carbons (Fsp3) is 0.304. The Labute approximate surface area is 801 Å². The fourth-order valence-electron chi connectivity index (χ4n) is 16.5. The first-order valence-corrected chi connectivity index (χ1v) is 44.2. The van der Waals surface area contributed by atoms with Gasteiger partial charge in [0.2, 0.25) is 0 Å². The number of amides is 4. The molecule has 2 aromatic heterocycles. The van der Waals surface area contributed by atoms with Crippen LogP contribution in [0, 0.1) is 61.7 Å². The number of Topliss-reactive ketones (excluding diaryl/α,β-unsaturated/α-hetero) is 1. The molecule has 0 radical (unpaired) electrons. The van der Waals surface area contributed by atoms with Crippen molar-refractivity contribution in [1.82, 2.24) is 63.7 Å². The van der Waals surface area contributed by atoms with E-state index in [9.17, 15) is 54.0 Å². The summed E-state index contributed by atoms with van der Waals surface area (Å²) in [4.78, 5) is 115. The number of aryl methyl sites for hydroxylation is 4. The normalized spacial score (nSPS) is 18.8. The quantitative estimate of drug-likeness (QED) is 0.0448. The molecule has 0 saturated carbocycles. The van der Waals surface area contributed by atoms with Crippen LogP contribution in [0.25, 0.3) is 5.69 Å². The Morgan fingerprint density at radius 2 is 0.847 bits per heavy atom. The molecule has 0 bridgehead atoms. The number of phenols is 4. The average molecular weight is 1930 g/mol. The van der Waals surface area contributed by atoms with Gasteiger partial charge in [-0.2, -0.15) is 0 Å². The number of nitrogens with zero attached hydrogens (tertiary/aromatic N) is 19. The van der Waals surface area contributed by atoms with Crippen molar-refractivity contribution >= 4 is 191 Å². The van der Waals surface area contributed by atoms with Crippen LogP contribution in [-0.2, 0) is 39.3 Å². The first-order chi connectivity index (χ1) is 64.6. The minimum Gasteiger partial charge on any atom is -0.508 e. The van der Waals surface area contributed by atoms with E-state index >= 15 is 0 Å². The zero-order chi connectivity index (χ0) is 98.3. The molecule has 137 heavy (non-hydrogen) atoms. The first kappa shape index (κ1) is 99.0. The number of anilines is 5. The number of carbonyl (C=O) groups excluding carboxylic acids is 5. The van der Waals surface area contributed by atoms with Crippen LogP contribution in [0.5, 0.6) is 23.0 Å². The maximum absolute atomic E-state index is 12.9. The third-order valence-electron chi connectivity index (χ3n) is 24.3. The molecule has 9 aliphatic heterocycles. The summed E-state index contributed by atoms with van der Waals surface area (Å²) in [5.74, 6) is -0.472. The van der Waals surface area contributed by atoms with E-state index in [0.29, 0.717) is 156 Å². The van der Waals surface area contributed by atoms with Crippen LogP contribution in [0.3, 0.4) is 0 Å². The van der Waals surface area contributed by atoms with E-state index in [-0.39, 0.29) is 173 Å². The number of halogens is 3. The van der Waals surface area contributed by atoms with Gasteiger partial charge in [-0.25, -0.2) is 59.4 Å². The van der Waals surface area contributed by atoms with Crippen LogP contribution in [0.1, 0.15) is 90.3 Å². The summed E-state index contributed by atoms with van der Waals surface area (Å²) >= 11 is 11.9. The lowest BCUT2D eigenvalue weighted by molar-refractivity contribution is -0.131. The van der Waals surface area contributed by atoms with Crippen LogP contribution < -0.4 is 45.1 Å². The number of hydrogen-bond acceptors (Lipinski definition) is 30. The maximum atomic E-state index is 12.9. The van der Waals surface area contributed by atoms with Crippen LogP contribution >= 0.6 is 35.6 Å². The van der Waals surface area contributed by atoms with Crippen LogP contribution in [0.2, 0.25) is 10.0 Å². The topological polar surface area (TPSA) is 605 Å². The third-order valence-corrected chi connectivity index (χ3v) is 25.1. The molecule has 2 aliphatic carbocycles. The number of phenolic OH excluding ortho intramolecular Hbond substituents is 4. The number of aliphatic hydroxyl groups excluding tert-OH is 1. The second-order valence-corrected chi connectivity index (χ2v) is 34.1. The number of ketones is 1. The lowest BCUT2D eigenvalue weighted by Gasteiger charge is -2.24. The molecule has 8 fully saturated rings. The molecule has 19 rings (SSSR count). The molecule has 11 heterocycles. The van der Waals surface area contributed by atoms with E-state index in [0.717, 1.165) is 67.8 Å². The van der Waals surface area contributed by atoms with Gasteiger partial charge in [0.15, 0.2) is 69.2 Å². The summed E-state index contributed by atoms with van der Waals surface area (Å²) in [6.07, 6.45) is 6.94. The molecule has 8 aromatic rings. The lowest BCUT2D eigenvalue weighted by Crippen LogP contribution is -2.41. The molecule has 4 amide bonds. The number of likely N-dealkylation sites (N-methyl/N-ethyl adjacent to an activating group) is 1. The zero-order valence-corrected chi connectivity index (χ0v) is 79.0. The van der Waals surface area contributed by atoms with E-state index in [4.69, 9.17) is 84.0 Å².